The van der Waals surface area contributed by atoms with E-state index in [0.29, 0.717) is 5.69 Å². The second-order valence-corrected chi connectivity index (χ2v) is 3.81. The summed E-state index contributed by atoms with van der Waals surface area (Å²) in [6.07, 6.45) is 0. The van der Waals surface area contributed by atoms with Crippen LogP contribution in [0.3, 0.4) is 0 Å². The quantitative estimate of drug-likeness (QED) is 0.499. The van der Waals surface area contributed by atoms with Crippen molar-refractivity contribution in [2.24, 2.45) is 0 Å². The summed E-state index contributed by atoms with van der Waals surface area (Å²) < 4.78 is 5.09. The highest BCUT2D eigenvalue weighted by Crippen LogP contribution is 2.17. The van der Waals surface area contributed by atoms with E-state index in [-0.39, 0.29) is 16.9 Å². The van der Waals surface area contributed by atoms with E-state index in [1.165, 1.54) is 18.2 Å². The van der Waals surface area contributed by atoms with E-state index < -0.39 is 11.9 Å². The molecule has 0 fully saturated rings. The van der Waals surface area contributed by atoms with Crippen LogP contribution < -0.4 is 10.5 Å². The molecule has 0 aliphatic heterocycles. The minimum atomic E-state index is -1.18. The summed E-state index contributed by atoms with van der Waals surface area (Å²) >= 11 is 0. The minimum absolute atomic E-state index is 0.00238. The highest BCUT2D eigenvalue weighted by molar-refractivity contribution is 6.03. The van der Waals surface area contributed by atoms with Crippen LogP contribution in [0.2, 0.25) is 0 Å². The Bertz CT molecular complexity index is 637. The number of rotatable bonds is 3. The minimum Gasteiger partial charge on any atom is -0.478 e. The lowest BCUT2D eigenvalue weighted by molar-refractivity contribution is 0.0668. The number of ether oxygens (including phenoxy) is 1. The molecule has 0 spiro atoms. The van der Waals surface area contributed by atoms with Gasteiger partial charge < -0.3 is 15.6 Å². The summed E-state index contributed by atoms with van der Waals surface area (Å²) in [4.78, 5) is 22.9. The van der Waals surface area contributed by atoms with Crippen LogP contribution in [0.25, 0.3) is 0 Å². The number of carbonyl (C=O) groups is 2. The van der Waals surface area contributed by atoms with Crippen LogP contribution in [0.4, 0.5) is 5.69 Å². The average molecular weight is 257 g/mol. The monoisotopic (exact) mass is 257 g/mol. The number of carbonyl (C=O) groups excluding carboxylic acids is 1. The molecule has 0 unspecified atom stereocenters. The van der Waals surface area contributed by atoms with E-state index in [1.807, 2.05) is 0 Å². The molecular formula is C14H11NO4. The van der Waals surface area contributed by atoms with E-state index in [4.69, 9.17) is 15.6 Å². The number of hydrogen-bond donors (Lipinski definition) is 2. The summed E-state index contributed by atoms with van der Waals surface area (Å²) in [5, 5.41) is 9.00. The standard InChI is InChI=1S/C14H11NO4/c15-9-4-3-5-10(8-9)19-14(18)12-7-2-1-6-11(12)13(16)17/h1-8H,15H2,(H,16,17). The van der Waals surface area contributed by atoms with Crippen LogP contribution >= 0.6 is 0 Å². The summed E-state index contributed by atoms with van der Waals surface area (Å²) in [7, 11) is 0. The van der Waals surface area contributed by atoms with Gasteiger partial charge in [0.2, 0.25) is 0 Å². The number of nitrogen functional groups attached to an aromatic ring is 1. The van der Waals surface area contributed by atoms with Gasteiger partial charge in [-0.25, -0.2) is 9.59 Å². The fourth-order valence-electron chi connectivity index (χ4n) is 1.59. The first-order chi connectivity index (χ1) is 9.08. The van der Waals surface area contributed by atoms with E-state index in [0.717, 1.165) is 0 Å². The molecule has 96 valence electrons. The van der Waals surface area contributed by atoms with Crippen molar-refractivity contribution in [1.82, 2.24) is 0 Å². The molecule has 0 saturated carbocycles. The molecule has 0 aromatic heterocycles. The molecule has 0 bridgehead atoms. The summed E-state index contributed by atoms with van der Waals surface area (Å²) in [5.41, 5.74) is 5.92. The summed E-state index contributed by atoms with van der Waals surface area (Å²) in [6.45, 7) is 0. The Morgan fingerprint density at radius 1 is 1.00 bits per heavy atom. The molecule has 3 N–H and O–H groups in total. The summed E-state index contributed by atoms with van der Waals surface area (Å²) in [5.74, 6) is -1.64. The maximum Gasteiger partial charge on any atom is 0.344 e. The zero-order valence-electron chi connectivity index (χ0n) is 9.87. The molecular weight excluding hydrogens is 246 g/mol. The Morgan fingerprint density at radius 3 is 2.32 bits per heavy atom. The number of benzene rings is 2. The van der Waals surface area contributed by atoms with E-state index in [2.05, 4.69) is 0 Å². The van der Waals surface area contributed by atoms with Gasteiger partial charge in [0, 0.05) is 11.8 Å². The van der Waals surface area contributed by atoms with Crippen molar-refractivity contribution >= 4 is 17.6 Å². The Labute approximate surface area is 109 Å². The molecule has 0 saturated heterocycles. The van der Waals surface area contributed by atoms with Gasteiger partial charge in [0.15, 0.2) is 0 Å². The van der Waals surface area contributed by atoms with Crippen LogP contribution in [0.5, 0.6) is 5.75 Å². The van der Waals surface area contributed by atoms with Gasteiger partial charge in [0.1, 0.15) is 5.75 Å². The van der Waals surface area contributed by atoms with Crippen LogP contribution in [-0.4, -0.2) is 17.0 Å². The van der Waals surface area contributed by atoms with Crippen molar-refractivity contribution < 1.29 is 19.4 Å². The molecule has 0 atom stereocenters. The molecule has 0 heterocycles. The SMILES string of the molecule is Nc1cccc(OC(=O)c2ccccc2C(=O)O)c1. The third kappa shape index (κ3) is 2.90. The first-order valence-electron chi connectivity index (χ1n) is 5.48. The van der Waals surface area contributed by atoms with Crippen LogP contribution in [0.1, 0.15) is 20.7 Å². The van der Waals surface area contributed by atoms with E-state index >= 15 is 0 Å². The lowest BCUT2D eigenvalue weighted by Gasteiger charge is -2.07. The van der Waals surface area contributed by atoms with Gasteiger partial charge >= 0.3 is 11.9 Å². The Kier molecular flexibility index (Phi) is 3.47. The largest absolute Gasteiger partial charge is 0.478 e. The van der Waals surface area contributed by atoms with Crippen molar-refractivity contribution in [2.45, 2.75) is 0 Å². The maximum atomic E-state index is 11.9. The first-order valence-corrected chi connectivity index (χ1v) is 5.48. The third-order valence-electron chi connectivity index (χ3n) is 2.45. The molecule has 5 nitrogen and oxygen atoms in total. The normalized spacial score (nSPS) is 9.89. The molecule has 19 heavy (non-hydrogen) atoms. The second-order valence-electron chi connectivity index (χ2n) is 3.81. The fraction of sp³-hybridized carbons (Fsp3) is 0. The zero-order valence-corrected chi connectivity index (χ0v) is 9.87. The number of carboxylic acids is 1. The van der Waals surface area contributed by atoms with Crippen LogP contribution in [-0.2, 0) is 0 Å². The second kappa shape index (κ2) is 5.22. The number of nitrogens with two attached hydrogens (primary N) is 1. The molecule has 2 aromatic carbocycles. The van der Waals surface area contributed by atoms with Crippen molar-refractivity contribution in [3.8, 4) is 5.75 Å². The highest BCUT2D eigenvalue weighted by Gasteiger charge is 2.17. The fourth-order valence-corrected chi connectivity index (χ4v) is 1.59. The van der Waals surface area contributed by atoms with Gasteiger partial charge in [-0.3, -0.25) is 0 Å². The number of aromatic carboxylic acids is 1. The number of anilines is 1. The maximum absolute atomic E-state index is 11.9. The van der Waals surface area contributed by atoms with Crippen molar-refractivity contribution in [3.05, 3.63) is 59.7 Å². The van der Waals surface area contributed by atoms with Crippen molar-refractivity contribution in [3.63, 3.8) is 0 Å². The molecule has 0 aliphatic rings. The predicted octanol–water partition coefficient (Wildman–Crippen LogP) is 2.19. The van der Waals surface area contributed by atoms with Crippen LogP contribution in [0, 0.1) is 0 Å². The molecule has 0 aliphatic carbocycles. The Hall–Kier alpha value is -2.82. The molecule has 5 heteroatoms. The lowest BCUT2D eigenvalue weighted by atomic mass is 10.1. The smallest absolute Gasteiger partial charge is 0.344 e. The molecule has 0 radical (unpaired) electrons. The predicted molar refractivity (Wildman–Crippen MR) is 69.2 cm³/mol. The van der Waals surface area contributed by atoms with Crippen molar-refractivity contribution in [1.29, 1.82) is 0 Å². The van der Waals surface area contributed by atoms with Gasteiger partial charge in [-0.05, 0) is 24.3 Å². The van der Waals surface area contributed by atoms with Gasteiger partial charge in [-0.15, -0.1) is 0 Å². The first kappa shape index (κ1) is 12.6. The van der Waals surface area contributed by atoms with Gasteiger partial charge in [-0.2, -0.15) is 0 Å². The number of esters is 1. The zero-order chi connectivity index (χ0) is 13.8. The van der Waals surface area contributed by atoms with Gasteiger partial charge in [0.25, 0.3) is 0 Å². The Morgan fingerprint density at radius 2 is 1.68 bits per heavy atom. The topological polar surface area (TPSA) is 89.6 Å². The number of carboxylic acid groups (broad SMARTS) is 1. The molecule has 0 amide bonds. The number of hydrogen-bond acceptors (Lipinski definition) is 4. The van der Waals surface area contributed by atoms with Crippen LogP contribution in [0.15, 0.2) is 48.5 Å². The van der Waals surface area contributed by atoms with Gasteiger partial charge in [0.05, 0.1) is 11.1 Å². The van der Waals surface area contributed by atoms with Gasteiger partial charge in [-0.1, -0.05) is 18.2 Å². The van der Waals surface area contributed by atoms with E-state index in [1.54, 1.807) is 30.3 Å². The average Bonchev–Trinajstić information content (AvgIpc) is 2.38. The van der Waals surface area contributed by atoms with E-state index in [9.17, 15) is 9.59 Å². The molecule has 2 rings (SSSR count). The third-order valence-corrected chi connectivity index (χ3v) is 2.45. The summed E-state index contributed by atoms with van der Waals surface area (Å²) in [6, 6.07) is 12.2. The lowest BCUT2D eigenvalue weighted by Crippen LogP contribution is -2.14. The Balaban J connectivity index is 2.28. The van der Waals surface area contributed by atoms with Crippen molar-refractivity contribution in [2.75, 3.05) is 5.73 Å². The highest BCUT2D eigenvalue weighted by atomic mass is 16.5. The molecule has 2 aromatic rings.